The predicted octanol–water partition coefficient (Wildman–Crippen LogP) is 4.58. The maximum Gasteiger partial charge on any atom is 0.227 e. The van der Waals surface area contributed by atoms with Crippen molar-refractivity contribution in [3.8, 4) is 5.75 Å². The van der Waals surface area contributed by atoms with Crippen LogP contribution in [0.5, 0.6) is 5.75 Å². The highest BCUT2D eigenvalue weighted by Gasteiger charge is 2.42. The van der Waals surface area contributed by atoms with E-state index in [0.717, 1.165) is 28.3 Å². The number of methoxy groups -OCH3 is 1. The van der Waals surface area contributed by atoms with Crippen molar-refractivity contribution >= 4 is 17.5 Å². The monoisotopic (exact) mass is 457 g/mol. The molecule has 2 heterocycles. The van der Waals surface area contributed by atoms with E-state index in [1.165, 1.54) is 0 Å². The van der Waals surface area contributed by atoms with Gasteiger partial charge in [0.05, 0.1) is 19.1 Å². The number of likely N-dealkylation sites (N-methyl/N-ethyl adjacent to an activating group) is 1. The molecule has 1 aliphatic rings. The summed E-state index contributed by atoms with van der Waals surface area (Å²) >= 11 is 0. The first-order valence-electron chi connectivity index (χ1n) is 11.7. The smallest absolute Gasteiger partial charge is 0.227 e. The number of hydrogen-bond acceptors (Lipinski definition) is 4. The summed E-state index contributed by atoms with van der Waals surface area (Å²) in [6, 6.07) is 21.0. The standard InChI is InChI=1S/C28H31N3O3/c1-20-7-11-23(12-8-20)31-26(32)16-15-25(27(31)21-9-13-24(34-3)14-10-21)28(33)30(2)19-17-22-6-4-5-18-29-22/h4-14,18,25,27H,15-17,19H2,1-3H3. The van der Waals surface area contributed by atoms with E-state index in [9.17, 15) is 9.59 Å². The number of carbonyl (C=O) groups excluding carboxylic acids is 2. The number of rotatable bonds is 7. The van der Waals surface area contributed by atoms with Crippen LogP contribution < -0.4 is 9.64 Å². The van der Waals surface area contributed by atoms with Crippen molar-refractivity contribution in [2.45, 2.75) is 32.2 Å². The van der Waals surface area contributed by atoms with Crippen molar-refractivity contribution in [1.29, 1.82) is 0 Å². The first-order valence-corrected chi connectivity index (χ1v) is 11.7. The SMILES string of the molecule is COc1ccc(C2C(C(=O)N(C)CCc3ccccn3)CCC(=O)N2c2ccc(C)cc2)cc1. The molecule has 1 aliphatic heterocycles. The average molecular weight is 458 g/mol. The number of hydrogen-bond donors (Lipinski definition) is 0. The number of aromatic nitrogens is 1. The van der Waals surface area contributed by atoms with Gasteiger partial charge in [-0.15, -0.1) is 0 Å². The highest BCUT2D eigenvalue weighted by molar-refractivity contribution is 5.97. The van der Waals surface area contributed by atoms with Crippen molar-refractivity contribution in [3.05, 3.63) is 89.7 Å². The Hall–Kier alpha value is -3.67. The van der Waals surface area contributed by atoms with E-state index < -0.39 is 0 Å². The van der Waals surface area contributed by atoms with E-state index in [1.54, 1.807) is 23.1 Å². The fourth-order valence-electron chi connectivity index (χ4n) is 4.56. The summed E-state index contributed by atoms with van der Waals surface area (Å²) in [5, 5.41) is 0. The van der Waals surface area contributed by atoms with Gasteiger partial charge >= 0.3 is 0 Å². The van der Waals surface area contributed by atoms with Crippen LogP contribution in [0.3, 0.4) is 0 Å². The molecule has 2 atom stereocenters. The van der Waals surface area contributed by atoms with Crippen LogP contribution in [0, 0.1) is 12.8 Å². The lowest BCUT2D eigenvalue weighted by molar-refractivity contribution is -0.137. The molecular formula is C28H31N3O3. The molecule has 34 heavy (non-hydrogen) atoms. The summed E-state index contributed by atoms with van der Waals surface area (Å²) in [6.07, 6.45) is 3.31. The first-order chi connectivity index (χ1) is 16.5. The number of benzene rings is 2. The Kier molecular flexibility index (Phi) is 7.26. The molecule has 0 saturated carbocycles. The summed E-state index contributed by atoms with van der Waals surface area (Å²) in [6.45, 7) is 2.59. The van der Waals surface area contributed by atoms with Gasteiger partial charge in [0.2, 0.25) is 11.8 Å². The predicted molar refractivity (Wildman–Crippen MR) is 133 cm³/mol. The Morgan fingerprint density at radius 3 is 2.47 bits per heavy atom. The molecular weight excluding hydrogens is 426 g/mol. The van der Waals surface area contributed by atoms with Crippen LogP contribution in [0.2, 0.25) is 0 Å². The van der Waals surface area contributed by atoms with Gasteiger partial charge in [0, 0.05) is 44.0 Å². The van der Waals surface area contributed by atoms with E-state index >= 15 is 0 Å². The summed E-state index contributed by atoms with van der Waals surface area (Å²) in [5.41, 5.74) is 3.81. The minimum atomic E-state index is -0.389. The number of pyridine rings is 1. The molecule has 1 aromatic heterocycles. The molecule has 2 aromatic carbocycles. The maximum absolute atomic E-state index is 13.7. The Bertz CT molecular complexity index is 1110. The fourth-order valence-corrected chi connectivity index (χ4v) is 4.56. The third-order valence-electron chi connectivity index (χ3n) is 6.49. The Morgan fingerprint density at radius 2 is 1.82 bits per heavy atom. The van der Waals surface area contributed by atoms with Crippen molar-refractivity contribution in [3.63, 3.8) is 0 Å². The normalized spacial score (nSPS) is 18.0. The van der Waals surface area contributed by atoms with E-state index in [-0.39, 0.29) is 23.8 Å². The molecule has 1 fully saturated rings. The van der Waals surface area contributed by atoms with Crippen LogP contribution in [0.15, 0.2) is 72.9 Å². The molecule has 4 rings (SSSR count). The first kappa shape index (κ1) is 23.5. The molecule has 0 aliphatic carbocycles. The minimum absolute atomic E-state index is 0.0323. The third-order valence-corrected chi connectivity index (χ3v) is 6.49. The van der Waals surface area contributed by atoms with Crippen molar-refractivity contribution < 1.29 is 14.3 Å². The van der Waals surface area contributed by atoms with Crippen LogP contribution in [0.25, 0.3) is 0 Å². The molecule has 3 aromatic rings. The number of aryl methyl sites for hydroxylation is 1. The number of piperidine rings is 1. The number of amides is 2. The maximum atomic E-state index is 13.7. The number of nitrogens with zero attached hydrogens (tertiary/aromatic N) is 3. The van der Waals surface area contributed by atoms with Gasteiger partial charge in [-0.1, -0.05) is 35.9 Å². The molecule has 0 radical (unpaired) electrons. The largest absolute Gasteiger partial charge is 0.497 e. The van der Waals surface area contributed by atoms with Gasteiger partial charge in [-0.25, -0.2) is 0 Å². The average Bonchev–Trinajstić information content (AvgIpc) is 2.88. The van der Waals surface area contributed by atoms with E-state index in [0.29, 0.717) is 25.8 Å². The molecule has 2 amide bonds. The van der Waals surface area contributed by atoms with E-state index in [2.05, 4.69) is 4.98 Å². The zero-order chi connectivity index (χ0) is 24.1. The number of anilines is 1. The Labute approximate surface area is 201 Å². The van der Waals surface area contributed by atoms with Gasteiger partial charge in [0.1, 0.15) is 5.75 Å². The lowest BCUT2D eigenvalue weighted by atomic mass is 9.82. The Morgan fingerprint density at radius 1 is 1.09 bits per heavy atom. The Balaban J connectivity index is 1.65. The van der Waals surface area contributed by atoms with Crippen molar-refractivity contribution in [2.24, 2.45) is 5.92 Å². The molecule has 1 saturated heterocycles. The summed E-state index contributed by atoms with van der Waals surface area (Å²) < 4.78 is 5.33. The molecule has 0 spiro atoms. The molecule has 0 bridgehead atoms. The van der Waals surface area contributed by atoms with Crippen molar-refractivity contribution in [1.82, 2.24) is 9.88 Å². The van der Waals surface area contributed by atoms with Gasteiger partial charge < -0.3 is 14.5 Å². The van der Waals surface area contributed by atoms with E-state index in [1.807, 2.05) is 80.7 Å². The van der Waals surface area contributed by atoms with Gasteiger partial charge in [0.25, 0.3) is 0 Å². The number of carbonyl (C=O) groups is 2. The lowest BCUT2D eigenvalue weighted by Gasteiger charge is -2.42. The second kappa shape index (κ2) is 10.5. The third kappa shape index (κ3) is 5.11. The molecule has 176 valence electrons. The van der Waals surface area contributed by atoms with Crippen LogP contribution in [0.1, 0.15) is 35.7 Å². The van der Waals surface area contributed by atoms with Crippen LogP contribution >= 0.6 is 0 Å². The van der Waals surface area contributed by atoms with Gasteiger partial charge in [-0.2, -0.15) is 0 Å². The molecule has 6 heteroatoms. The zero-order valence-electron chi connectivity index (χ0n) is 20.0. The van der Waals surface area contributed by atoms with Gasteiger partial charge in [-0.05, 0) is 55.3 Å². The van der Waals surface area contributed by atoms with E-state index in [4.69, 9.17) is 4.74 Å². The van der Waals surface area contributed by atoms with Crippen LogP contribution in [-0.4, -0.2) is 42.4 Å². The molecule has 6 nitrogen and oxygen atoms in total. The second-order valence-electron chi connectivity index (χ2n) is 8.79. The van der Waals surface area contributed by atoms with Crippen molar-refractivity contribution in [2.75, 3.05) is 25.6 Å². The second-order valence-corrected chi connectivity index (χ2v) is 8.79. The van der Waals surface area contributed by atoms with Crippen LogP contribution in [0.4, 0.5) is 5.69 Å². The highest BCUT2D eigenvalue weighted by Crippen LogP contribution is 2.41. The quantitative estimate of drug-likeness (QED) is 0.521. The summed E-state index contributed by atoms with van der Waals surface area (Å²) in [4.78, 5) is 34.9. The highest BCUT2D eigenvalue weighted by atomic mass is 16.5. The molecule has 0 N–H and O–H groups in total. The van der Waals surface area contributed by atoms with Gasteiger partial charge in [0.15, 0.2) is 0 Å². The minimum Gasteiger partial charge on any atom is -0.497 e. The fraction of sp³-hybridized carbons (Fsp3) is 0.321. The summed E-state index contributed by atoms with van der Waals surface area (Å²) in [7, 11) is 3.46. The van der Waals surface area contributed by atoms with Crippen LogP contribution in [-0.2, 0) is 16.0 Å². The zero-order valence-corrected chi connectivity index (χ0v) is 20.0. The summed E-state index contributed by atoms with van der Waals surface area (Å²) in [5.74, 6) is 0.468. The topological polar surface area (TPSA) is 62.7 Å². The molecule has 2 unspecified atom stereocenters. The van der Waals surface area contributed by atoms with Gasteiger partial charge in [-0.3, -0.25) is 14.6 Å². The number of ether oxygens (including phenoxy) is 1. The lowest BCUT2D eigenvalue weighted by Crippen LogP contribution is -2.49.